The zero-order chi connectivity index (χ0) is 26.6. The molecule has 2 aliphatic heterocycles. The lowest BCUT2D eigenvalue weighted by molar-refractivity contribution is -0.145. The van der Waals surface area contributed by atoms with Crippen molar-refractivity contribution in [2.24, 2.45) is 11.3 Å². The molecule has 9 heteroatoms. The zero-order valence-corrected chi connectivity index (χ0v) is 23.0. The Balaban J connectivity index is 1.38. The van der Waals surface area contributed by atoms with Crippen LogP contribution in [-0.4, -0.2) is 59.4 Å². The molecule has 3 amide bonds. The van der Waals surface area contributed by atoms with E-state index in [2.05, 4.69) is 15.6 Å². The SMILES string of the molecule is Cc1ncsc1-c1ccc(CNC(=O)[C@@H]2CCCN2C(=O)[C@@H](NC(=O)C2CCOCC2)C(C)(C)C)cc1. The molecular formula is C28H38N4O4S. The Kier molecular flexibility index (Phi) is 8.64. The maximum absolute atomic E-state index is 13.7. The number of hydrogen-bond donors (Lipinski definition) is 2. The van der Waals surface area contributed by atoms with Gasteiger partial charge in [-0.15, -0.1) is 11.3 Å². The molecule has 0 unspecified atom stereocenters. The molecule has 2 aliphatic rings. The number of carbonyl (C=O) groups excluding carboxylic acids is 3. The van der Waals surface area contributed by atoms with Crippen LogP contribution in [0.4, 0.5) is 0 Å². The van der Waals surface area contributed by atoms with E-state index in [1.54, 1.807) is 16.2 Å². The fraction of sp³-hybridized carbons (Fsp3) is 0.571. The van der Waals surface area contributed by atoms with Crippen molar-refractivity contribution in [1.29, 1.82) is 0 Å². The summed E-state index contributed by atoms with van der Waals surface area (Å²) in [6.45, 7) is 9.87. The quantitative estimate of drug-likeness (QED) is 0.573. The van der Waals surface area contributed by atoms with Crippen molar-refractivity contribution in [2.75, 3.05) is 19.8 Å². The van der Waals surface area contributed by atoms with Crippen LogP contribution in [0.25, 0.3) is 10.4 Å². The number of benzene rings is 1. The van der Waals surface area contributed by atoms with Gasteiger partial charge in [0, 0.05) is 32.2 Å². The monoisotopic (exact) mass is 526 g/mol. The van der Waals surface area contributed by atoms with Gasteiger partial charge in [-0.1, -0.05) is 45.0 Å². The molecule has 2 saturated heterocycles. The van der Waals surface area contributed by atoms with Gasteiger partial charge in [-0.25, -0.2) is 4.98 Å². The molecule has 2 atom stereocenters. The average molecular weight is 527 g/mol. The fourth-order valence-electron chi connectivity index (χ4n) is 5.00. The van der Waals surface area contributed by atoms with Gasteiger partial charge in [0.15, 0.2) is 0 Å². The first kappa shape index (κ1) is 27.3. The third-order valence-electron chi connectivity index (χ3n) is 7.26. The normalized spacial score (nSPS) is 19.5. The van der Waals surface area contributed by atoms with Crippen LogP contribution in [0.1, 0.15) is 57.7 Å². The maximum atomic E-state index is 13.7. The molecule has 3 heterocycles. The summed E-state index contributed by atoms with van der Waals surface area (Å²) in [4.78, 5) is 46.9. The van der Waals surface area contributed by atoms with Crippen molar-refractivity contribution >= 4 is 29.1 Å². The Morgan fingerprint density at radius 3 is 2.43 bits per heavy atom. The molecule has 2 aromatic rings. The lowest BCUT2D eigenvalue weighted by Gasteiger charge is -2.36. The molecule has 8 nitrogen and oxygen atoms in total. The van der Waals surface area contributed by atoms with Crippen LogP contribution in [0.5, 0.6) is 0 Å². The predicted molar refractivity (Wildman–Crippen MR) is 144 cm³/mol. The van der Waals surface area contributed by atoms with E-state index in [9.17, 15) is 14.4 Å². The van der Waals surface area contributed by atoms with Crippen LogP contribution in [0, 0.1) is 18.3 Å². The third-order valence-corrected chi connectivity index (χ3v) is 8.24. The standard InChI is InChI=1S/C28H38N4O4S/c1-18-23(37-17-30-18)20-9-7-19(8-10-20)16-29-26(34)22-6-5-13-32(22)27(35)24(28(2,3)4)31-25(33)21-11-14-36-15-12-21/h7-10,17,21-22,24H,5-6,11-16H2,1-4H3,(H,29,34)(H,31,33)/t22-,24+/m0/s1. The molecule has 1 aromatic carbocycles. The van der Waals surface area contributed by atoms with E-state index < -0.39 is 17.5 Å². The van der Waals surface area contributed by atoms with Gasteiger partial charge in [0.2, 0.25) is 17.7 Å². The fourth-order valence-corrected chi connectivity index (χ4v) is 5.81. The maximum Gasteiger partial charge on any atom is 0.246 e. The summed E-state index contributed by atoms with van der Waals surface area (Å²) in [5.41, 5.74) is 4.47. The summed E-state index contributed by atoms with van der Waals surface area (Å²) in [5.74, 6) is -0.587. The number of aromatic nitrogens is 1. The van der Waals surface area contributed by atoms with Gasteiger partial charge >= 0.3 is 0 Å². The van der Waals surface area contributed by atoms with E-state index in [0.29, 0.717) is 45.6 Å². The number of amides is 3. The van der Waals surface area contributed by atoms with E-state index in [0.717, 1.165) is 28.1 Å². The highest BCUT2D eigenvalue weighted by Gasteiger charge is 2.42. The molecule has 0 aliphatic carbocycles. The Bertz CT molecular complexity index is 1100. The zero-order valence-electron chi connectivity index (χ0n) is 22.2. The first-order valence-electron chi connectivity index (χ1n) is 13.1. The van der Waals surface area contributed by atoms with Crippen molar-refractivity contribution in [3.63, 3.8) is 0 Å². The van der Waals surface area contributed by atoms with Crippen LogP contribution in [0.15, 0.2) is 29.8 Å². The van der Waals surface area contributed by atoms with E-state index in [1.807, 2.05) is 57.5 Å². The van der Waals surface area contributed by atoms with Crippen molar-refractivity contribution < 1.29 is 19.1 Å². The van der Waals surface area contributed by atoms with Crippen LogP contribution < -0.4 is 10.6 Å². The number of aryl methyl sites for hydroxylation is 1. The summed E-state index contributed by atoms with van der Waals surface area (Å²) in [6, 6.07) is 6.88. The summed E-state index contributed by atoms with van der Waals surface area (Å²) in [5, 5.41) is 6.04. The minimum absolute atomic E-state index is 0.103. The largest absolute Gasteiger partial charge is 0.381 e. The Morgan fingerprint density at radius 2 is 1.81 bits per heavy atom. The molecule has 1 aromatic heterocycles. The third kappa shape index (κ3) is 6.57. The second kappa shape index (κ2) is 11.7. The number of likely N-dealkylation sites (tertiary alicyclic amines) is 1. The summed E-state index contributed by atoms with van der Waals surface area (Å²) in [7, 11) is 0. The summed E-state index contributed by atoms with van der Waals surface area (Å²) >= 11 is 1.61. The highest BCUT2D eigenvalue weighted by Crippen LogP contribution is 2.28. The number of thiazole rings is 1. The number of ether oxygens (including phenoxy) is 1. The van der Waals surface area contributed by atoms with Crippen LogP contribution in [0.3, 0.4) is 0 Å². The van der Waals surface area contributed by atoms with Crippen LogP contribution in [0.2, 0.25) is 0 Å². The van der Waals surface area contributed by atoms with E-state index in [1.165, 1.54) is 0 Å². The van der Waals surface area contributed by atoms with E-state index >= 15 is 0 Å². The van der Waals surface area contributed by atoms with Crippen LogP contribution >= 0.6 is 11.3 Å². The molecule has 0 spiro atoms. The van der Waals surface area contributed by atoms with E-state index in [-0.39, 0.29) is 23.6 Å². The van der Waals surface area contributed by atoms with Gasteiger partial charge in [-0.05, 0) is 49.1 Å². The van der Waals surface area contributed by atoms with Gasteiger partial charge in [-0.2, -0.15) is 0 Å². The number of nitrogens with one attached hydrogen (secondary N) is 2. The Hall–Kier alpha value is -2.78. The topological polar surface area (TPSA) is 101 Å². The van der Waals surface area contributed by atoms with Crippen molar-refractivity contribution in [3.05, 3.63) is 41.0 Å². The minimum atomic E-state index is -0.695. The molecule has 0 radical (unpaired) electrons. The second-order valence-corrected chi connectivity index (χ2v) is 11.9. The molecule has 200 valence electrons. The molecule has 4 rings (SSSR count). The molecule has 37 heavy (non-hydrogen) atoms. The van der Waals surface area contributed by atoms with Gasteiger partial charge in [0.25, 0.3) is 0 Å². The predicted octanol–water partition coefficient (Wildman–Crippen LogP) is 3.68. The van der Waals surface area contributed by atoms with Crippen molar-refractivity contribution in [2.45, 2.75) is 72.0 Å². The molecule has 0 saturated carbocycles. The molecule has 2 fully saturated rings. The highest BCUT2D eigenvalue weighted by atomic mass is 32.1. The first-order chi connectivity index (χ1) is 17.6. The number of nitrogens with zero attached hydrogens (tertiary/aromatic N) is 2. The first-order valence-corrected chi connectivity index (χ1v) is 14.0. The molecule has 0 bridgehead atoms. The lowest BCUT2D eigenvalue weighted by Crippen LogP contribution is -2.58. The smallest absolute Gasteiger partial charge is 0.246 e. The average Bonchev–Trinajstić information content (AvgIpc) is 3.55. The number of hydrogen-bond acceptors (Lipinski definition) is 6. The Morgan fingerprint density at radius 1 is 1.11 bits per heavy atom. The van der Waals surface area contributed by atoms with Gasteiger partial charge in [0.1, 0.15) is 12.1 Å². The van der Waals surface area contributed by atoms with Crippen molar-refractivity contribution in [1.82, 2.24) is 20.5 Å². The van der Waals surface area contributed by atoms with Crippen molar-refractivity contribution in [3.8, 4) is 10.4 Å². The molecular weight excluding hydrogens is 488 g/mol. The minimum Gasteiger partial charge on any atom is -0.381 e. The van der Waals surface area contributed by atoms with Crippen LogP contribution in [-0.2, 0) is 25.7 Å². The highest BCUT2D eigenvalue weighted by molar-refractivity contribution is 7.13. The van der Waals surface area contributed by atoms with E-state index in [4.69, 9.17) is 4.74 Å². The van der Waals surface area contributed by atoms with Gasteiger partial charge in [-0.3, -0.25) is 14.4 Å². The second-order valence-electron chi connectivity index (χ2n) is 11.1. The number of carbonyl (C=O) groups is 3. The summed E-state index contributed by atoms with van der Waals surface area (Å²) < 4.78 is 5.37. The lowest BCUT2D eigenvalue weighted by atomic mass is 9.84. The number of rotatable bonds is 7. The molecule has 2 N–H and O–H groups in total. The van der Waals surface area contributed by atoms with Gasteiger partial charge in [0.05, 0.1) is 16.1 Å². The summed E-state index contributed by atoms with van der Waals surface area (Å²) in [6.07, 6.45) is 2.70. The Labute approximate surface area is 223 Å². The van der Waals surface area contributed by atoms with Gasteiger partial charge < -0.3 is 20.3 Å².